The third-order valence-electron chi connectivity index (χ3n) is 7.05. The third kappa shape index (κ3) is 6.57. The summed E-state index contributed by atoms with van der Waals surface area (Å²) in [5.74, 6) is 0.115. The fraction of sp³-hybridized carbons (Fsp3) is 0.750. The van der Waals surface area contributed by atoms with Gasteiger partial charge in [0.25, 0.3) is 0 Å². The molecule has 0 bridgehead atoms. The first-order chi connectivity index (χ1) is 19.1. The highest BCUT2D eigenvalue weighted by molar-refractivity contribution is 5.32. The van der Waals surface area contributed by atoms with Crippen LogP contribution in [-0.4, -0.2) is 157 Å². The zero-order valence-electron chi connectivity index (χ0n) is 21.1. The summed E-state index contributed by atoms with van der Waals surface area (Å²) in [6.45, 7) is -2.00. The van der Waals surface area contributed by atoms with E-state index < -0.39 is 106 Å². The van der Waals surface area contributed by atoms with Gasteiger partial charge >= 0.3 is 0 Å². The van der Waals surface area contributed by atoms with Gasteiger partial charge in [-0.25, -0.2) is 0 Å². The van der Waals surface area contributed by atoms with Crippen molar-refractivity contribution in [1.29, 1.82) is 0 Å². The molecule has 4 rings (SSSR count). The molecule has 1 aromatic rings. The number of benzene rings is 1. The van der Waals surface area contributed by atoms with Gasteiger partial charge in [0.1, 0.15) is 66.8 Å². The van der Waals surface area contributed by atoms with Crippen LogP contribution in [-0.2, 0) is 30.3 Å². The molecule has 0 spiro atoms. The van der Waals surface area contributed by atoms with Gasteiger partial charge in [-0.15, -0.1) is 0 Å². The molecule has 3 heterocycles. The molecule has 0 radical (unpaired) electrons. The van der Waals surface area contributed by atoms with Gasteiger partial charge in [-0.1, -0.05) is 18.2 Å². The van der Waals surface area contributed by atoms with Crippen LogP contribution in [0.4, 0.5) is 0 Å². The number of aliphatic hydroxyl groups excluding tert-OH is 10. The van der Waals surface area contributed by atoms with E-state index in [2.05, 4.69) is 0 Å². The van der Waals surface area contributed by atoms with E-state index in [4.69, 9.17) is 28.4 Å². The SMILES string of the molecule is OCc1ccccc1O[C@@H]1O[C@H](CO[C@@H]2OC[C@@H](O)[C@H](O)[C@H]2O)[C@@H](O)[C@H](O)[C@H]1O[C@@H]1O[C@H](CO)[C@@H](O)[C@H](O)[C@H]1O. The van der Waals surface area contributed by atoms with Gasteiger partial charge in [0.15, 0.2) is 18.7 Å². The molecule has 228 valence electrons. The summed E-state index contributed by atoms with van der Waals surface area (Å²) in [6, 6.07) is 6.27. The van der Waals surface area contributed by atoms with E-state index in [1.165, 1.54) is 6.07 Å². The summed E-state index contributed by atoms with van der Waals surface area (Å²) in [7, 11) is 0. The molecular weight excluding hydrogens is 544 g/mol. The van der Waals surface area contributed by atoms with E-state index >= 15 is 0 Å². The van der Waals surface area contributed by atoms with Gasteiger partial charge in [-0.3, -0.25) is 0 Å². The lowest BCUT2D eigenvalue weighted by molar-refractivity contribution is -0.361. The third-order valence-corrected chi connectivity index (χ3v) is 7.05. The van der Waals surface area contributed by atoms with Crippen molar-refractivity contribution in [2.45, 2.75) is 92.6 Å². The fourth-order valence-electron chi connectivity index (χ4n) is 4.61. The monoisotopic (exact) mass is 580 g/mol. The second-order valence-corrected chi connectivity index (χ2v) is 9.79. The predicted octanol–water partition coefficient (Wildman–Crippen LogP) is -5.35. The quantitative estimate of drug-likeness (QED) is 0.131. The van der Waals surface area contributed by atoms with Crippen molar-refractivity contribution in [2.75, 3.05) is 19.8 Å². The van der Waals surface area contributed by atoms with Gasteiger partial charge < -0.3 is 79.5 Å². The molecule has 14 atom stereocenters. The van der Waals surface area contributed by atoms with Crippen LogP contribution in [0.2, 0.25) is 0 Å². The lowest BCUT2D eigenvalue weighted by Gasteiger charge is -2.46. The van der Waals surface area contributed by atoms with Crippen LogP contribution in [0.3, 0.4) is 0 Å². The van der Waals surface area contributed by atoms with E-state index in [-0.39, 0.29) is 12.4 Å². The Morgan fingerprint density at radius 3 is 2.05 bits per heavy atom. The highest BCUT2D eigenvalue weighted by atomic mass is 16.8. The van der Waals surface area contributed by atoms with E-state index in [9.17, 15) is 51.1 Å². The number of hydrogen-bond donors (Lipinski definition) is 10. The Bertz CT molecular complexity index is 936. The average molecular weight is 581 g/mol. The average Bonchev–Trinajstić information content (AvgIpc) is 2.95. The van der Waals surface area contributed by atoms with Crippen LogP contribution >= 0.6 is 0 Å². The first-order valence-electron chi connectivity index (χ1n) is 12.7. The van der Waals surface area contributed by atoms with Gasteiger partial charge in [0, 0.05) is 5.56 Å². The van der Waals surface area contributed by atoms with Crippen molar-refractivity contribution in [3.8, 4) is 5.75 Å². The number of para-hydroxylation sites is 1. The number of aliphatic hydroxyl groups is 10. The van der Waals surface area contributed by atoms with Crippen LogP contribution < -0.4 is 4.74 Å². The topological polar surface area (TPSA) is 258 Å². The maximum absolute atomic E-state index is 11.0. The second-order valence-electron chi connectivity index (χ2n) is 9.79. The molecule has 3 aliphatic rings. The maximum Gasteiger partial charge on any atom is 0.229 e. The maximum atomic E-state index is 11.0. The molecule has 3 fully saturated rings. The lowest BCUT2D eigenvalue weighted by atomic mass is 9.97. The lowest BCUT2D eigenvalue weighted by Crippen LogP contribution is -2.65. The molecule has 0 saturated carbocycles. The van der Waals surface area contributed by atoms with Crippen molar-refractivity contribution in [1.82, 2.24) is 0 Å². The molecule has 16 heteroatoms. The summed E-state index contributed by atoms with van der Waals surface area (Å²) in [6.07, 6.45) is -22.2. The van der Waals surface area contributed by atoms with Crippen LogP contribution in [0.25, 0.3) is 0 Å². The van der Waals surface area contributed by atoms with E-state index in [1.807, 2.05) is 0 Å². The van der Waals surface area contributed by atoms with Crippen molar-refractivity contribution in [3.63, 3.8) is 0 Å². The Balaban J connectivity index is 1.53. The minimum absolute atomic E-state index is 0.115. The minimum Gasteiger partial charge on any atom is -0.462 e. The van der Waals surface area contributed by atoms with E-state index in [1.54, 1.807) is 18.2 Å². The molecule has 16 nitrogen and oxygen atoms in total. The van der Waals surface area contributed by atoms with Crippen molar-refractivity contribution in [3.05, 3.63) is 29.8 Å². The molecule has 0 aliphatic carbocycles. The van der Waals surface area contributed by atoms with Crippen molar-refractivity contribution in [2.24, 2.45) is 0 Å². The van der Waals surface area contributed by atoms with Crippen LogP contribution in [0.15, 0.2) is 24.3 Å². The molecule has 10 N–H and O–H groups in total. The number of ether oxygens (including phenoxy) is 6. The Kier molecular flexibility index (Phi) is 10.7. The largest absolute Gasteiger partial charge is 0.462 e. The smallest absolute Gasteiger partial charge is 0.229 e. The second kappa shape index (κ2) is 13.6. The Hall–Kier alpha value is -1.58. The molecule has 40 heavy (non-hydrogen) atoms. The zero-order valence-corrected chi connectivity index (χ0v) is 21.1. The summed E-state index contributed by atoms with van der Waals surface area (Å²) in [4.78, 5) is 0. The molecule has 0 aromatic heterocycles. The summed E-state index contributed by atoms with van der Waals surface area (Å²) in [5.41, 5.74) is 0.331. The van der Waals surface area contributed by atoms with Crippen LogP contribution in [0, 0.1) is 0 Å². The Morgan fingerprint density at radius 1 is 0.700 bits per heavy atom. The Morgan fingerprint density at radius 2 is 1.35 bits per heavy atom. The van der Waals surface area contributed by atoms with Crippen LogP contribution in [0.5, 0.6) is 5.75 Å². The molecule has 0 unspecified atom stereocenters. The van der Waals surface area contributed by atoms with E-state index in [0.717, 1.165) is 0 Å². The van der Waals surface area contributed by atoms with Gasteiger partial charge in [0.05, 0.1) is 26.4 Å². The van der Waals surface area contributed by atoms with Gasteiger partial charge in [0.2, 0.25) is 6.29 Å². The zero-order chi connectivity index (χ0) is 29.1. The first-order valence-corrected chi connectivity index (χ1v) is 12.7. The van der Waals surface area contributed by atoms with Gasteiger partial charge in [-0.05, 0) is 6.07 Å². The first kappa shape index (κ1) is 31.4. The standard InChI is InChI=1S/C24H36O16/c25-5-9-3-1-2-4-11(9)37-24-21(40-23-20(34)17(31)15(29)12(6-26)38-23)18(32)16(30)13(39-24)8-36-22-19(33)14(28)10(27)7-35-22/h1-4,10,12-34H,5-8H2/t10-,12-,13-,14+,15-,16-,17+,18+,19-,20-,21-,22+,23+,24-/m1/s1. The summed E-state index contributed by atoms with van der Waals surface area (Å²) < 4.78 is 33.4. The highest BCUT2D eigenvalue weighted by Crippen LogP contribution is 2.32. The predicted molar refractivity (Wildman–Crippen MR) is 126 cm³/mol. The Labute approximate surface area is 228 Å². The highest BCUT2D eigenvalue weighted by Gasteiger charge is 2.52. The summed E-state index contributed by atoms with van der Waals surface area (Å²) in [5, 5.41) is 101. The molecule has 3 aliphatic heterocycles. The fourth-order valence-corrected chi connectivity index (χ4v) is 4.61. The molecular formula is C24H36O16. The van der Waals surface area contributed by atoms with E-state index in [0.29, 0.717) is 5.56 Å². The van der Waals surface area contributed by atoms with Gasteiger partial charge in [-0.2, -0.15) is 0 Å². The minimum atomic E-state index is -1.83. The van der Waals surface area contributed by atoms with Crippen LogP contribution in [0.1, 0.15) is 5.56 Å². The summed E-state index contributed by atoms with van der Waals surface area (Å²) >= 11 is 0. The number of hydrogen-bond acceptors (Lipinski definition) is 16. The molecule has 1 aromatic carbocycles. The normalized spacial score (nSPS) is 44.4. The molecule has 0 amide bonds. The van der Waals surface area contributed by atoms with Crippen molar-refractivity contribution >= 4 is 0 Å². The van der Waals surface area contributed by atoms with Crippen molar-refractivity contribution < 1.29 is 79.5 Å². The number of rotatable bonds is 9. The molecule has 3 saturated heterocycles.